The molecule has 4 atom stereocenters. The van der Waals surface area contributed by atoms with Gasteiger partial charge in [0.15, 0.2) is 0 Å². The number of nitrogens with zero attached hydrogens (tertiary/aromatic N) is 1. The van der Waals surface area contributed by atoms with E-state index in [2.05, 4.69) is 93.3 Å². The summed E-state index contributed by atoms with van der Waals surface area (Å²) in [6.45, 7) is 15.9. The van der Waals surface area contributed by atoms with Gasteiger partial charge >= 0.3 is 5.97 Å². The highest BCUT2D eigenvalue weighted by Gasteiger charge is 2.49. The third-order valence-electron chi connectivity index (χ3n) is 6.81. The molecule has 0 bridgehead atoms. The first kappa shape index (κ1) is 24.5. The molecule has 1 aliphatic carbocycles. The summed E-state index contributed by atoms with van der Waals surface area (Å²) < 4.78 is 5.93. The van der Waals surface area contributed by atoms with Crippen LogP contribution in [0.25, 0.3) is 0 Å². The van der Waals surface area contributed by atoms with Crippen LogP contribution >= 0.6 is 0 Å². The predicted molar refractivity (Wildman–Crippen MR) is 132 cm³/mol. The Morgan fingerprint density at radius 2 is 1.50 bits per heavy atom. The van der Waals surface area contributed by atoms with Gasteiger partial charge in [0.2, 0.25) is 0 Å². The van der Waals surface area contributed by atoms with E-state index >= 15 is 0 Å². The van der Waals surface area contributed by atoms with Crippen LogP contribution in [0.15, 0.2) is 60.7 Å². The Labute approximate surface area is 195 Å². The van der Waals surface area contributed by atoms with Crippen LogP contribution in [-0.2, 0) is 16.1 Å². The van der Waals surface area contributed by atoms with Crippen LogP contribution in [0.5, 0.6) is 0 Å². The minimum absolute atomic E-state index is 0.0485. The average molecular weight is 436 g/mol. The zero-order valence-corrected chi connectivity index (χ0v) is 21.0. The topological polar surface area (TPSA) is 29.5 Å². The largest absolute Gasteiger partial charge is 0.460 e. The molecule has 0 heterocycles. The van der Waals surface area contributed by atoms with Gasteiger partial charge in [-0.15, -0.1) is 0 Å². The molecule has 3 nitrogen and oxygen atoms in total. The monoisotopic (exact) mass is 435 g/mol. The highest BCUT2D eigenvalue weighted by molar-refractivity contribution is 5.74. The molecule has 1 saturated carbocycles. The number of hydrogen-bond acceptors (Lipinski definition) is 3. The zero-order valence-electron chi connectivity index (χ0n) is 21.0. The summed E-state index contributed by atoms with van der Waals surface area (Å²) in [6.07, 6.45) is 1.93. The lowest BCUT2D eigenvalue weighted by Crippen LogP contribution is -2.49. The van der Waals surface area contributed by atoms with Crippen molar-refractivity contribution in [3.63, 3.8) is 0 Å². The van der Waals surface area contributed by atoms with Crippen LogP contribution in [0.1, 0.15) is 78.5 Å². The summed E-state index contributed by atoms with van der Waals surface area (Å²) >= 11 is 0. The Bertz CT molecular complexity index is 864. The van der Waals surface area contributed by atoms with E-state index in [4.69, 9.17) is 4.74 Å². The molecule has 2 aromatic rings. The Morgan fingerprint density at radius 1 is 0.938 bits per heavy atom. The lowest BCUT2D eigenvalue weighted by Gasteiger charge is -2.44. The van der Waals surface area contributed by atoms with Crippen molar-refractivity contribution in [2.75, 3.05) is 0 Å². The van der Waals surface area contributed by atoms with Crippen molar-refractivity contribution in [1.29, 1.82) is 0 Å². The molecule has 0 amide bonds. The Balaban J connectivity index is 2.04. The van der Waals surface area contributed by atoms with E-state index in [1.165, 1.54) is 11.1 Å². The van der Waals surface area contributed by atoms with Crippen molar-refractivity contribution >= 4 is 5.97 Å². The molecule has 0 radical (unpaired) electrons. The van der Waals surface area contributed by atoms with Crippen molar-refractivity contribution in [3.05, 3.63) is 71.8 Å². The Kier molecular flexibility index (Phi) is 7.50. The molecule has 0 unspecified atom stereocenters. The van der Waals surface area contributed by atoms with E-state index in [9.17, 15) is 4.79 Å². The van der Waals surface area contributed by atoms with Crippen LogP contribution in [0.4, 0.5) is 0 Å². The Morgan fingerprint density at radius 3 is 2.03 bits per heavy atom. The molecular formula is C29H41NO2. The van der Waals surface area contributed by atoms with Crippen molar-refractivity contribution in [2.45, 2.75) is 85.5 Å². The molecular weight excluding hydrogens is 394 g/mol. The molecule has 0 spiro atoms. The van der Waals surface area contributed by atoms with Crippen molar-refractivity contribution < 1.29 is 9.53 Å². The normalized spacial score (nSPS) is 22.7. The van der Waals surface area contributed by atoms with Crippen molar-refractivity contribution in [3.8, 4) is 0 Å². The second-order valence-corrected chi connectivity index (χ2v) is 11.4. The molecule has 0 aliphatic heterocycles. The molecule has 3 heteroatoms. The third-order valence-corrected chi connectivity index (χ3v) is 6.81. The van der Waals surface area contributed by atoms with Crippen LogP contribution in [0, 0.1) is 17.3 Å². The maximum Gasteiger partial charge on any atom is 0.311 e. The smallest absolute Gasteiger partial charge is 0.311 e. The standard InChI is InChI=1S/C29H41NO2/c1-21(23-16-12-9-13-17-23)30(20-22-14-10-8-11-15-22)26-24(27(31)32-29(5,6)7)18-19-25(26)28(2,3)4/h8-17,21,24-26H,18-20H2,1-7H3/t21-,24+,25+,26+/m0/s1. The molecule has 1 fully saturated rings. The van der Waals surface area contributed by atoms with Crippen LogP contribution < -0.4 is 0 Å². The van der Waals surface area contributed by atoms with Gasteiger partial charge in [-0.25, -0.2) is 0 Å². The van der Waals surface area contributed by atoms with E-state index in [-0.39, 0.29) is 29.4 Å². The first-order chi connectivity index (χ1) is 15.0. The number of esters is 1. The van der Waals surface area contributed by atoms with Gasteiger partial charge in [0.25, 0.3) is 0 Å². The van der Waals surface area contributed by atoms with Gasteiger partial charge in [-0.1, -0.05) is 81.4 Å². The SMILES string of the molecule is C[C@@H](c1ccccc1)N(Cc1ccccc1)[C@H]1[C@H](C(C)(C)C)CC[C@H]1C(=O)OC(C)(C)C. The predicted octanol–water partition coefficient (Wildman–Crippen LogP) is 7.03. The molecule has 0 aromatic heterocycles. The highest BCUT2D eigenvalue weighted by atomic mass is 16.6. The fourth-order valence-electron chi connectivity index (χ4n) is 5.24. The fourth-order valence-corrected chi connectivity index (χ4v) is 5.24. The van der Waals surface area contributed by atoms with Crippen molar-refractivity contribution in [2.24, 2.45) is 17.3 Å². The fraction of sp³-hybridized carbons (Fsp3) is 0.552. The maximum absolute atomic E-state index is 13.4. The maximum atomic E-state index is 13.4. The average Bonchev–Trinajstić information content (AvgIpc) is 3.17. The van der Waals surface area contributed by atoms with Gasteiger partial charge in [-0.05, 0) is 63.0 Å². The molecule has 3 rings (SSSR count). The number of carbonyl (C=O) groups excluding carboxylic acids is 1. The lowest BCUT2D eigenvalue weighted by molar-refractivity contribution is -0.163. The summed E-state index contributed by atoms with van der Waals surface area (Å²) in [6, 6.07) is 21.6. The lowest BCUT2D eigenvalue weighted by atomic mass is 9.75. The number of benzene rings is 2. The van der Waals surface area contributed by atoms with E-state index < -0.39 is 5.60 Å². The van der Waals surface area contributed by atoms with E-state index in [0.717, 1.165) is 19.4 Å². The first-order valence-corrected chi connectivity index (χ1v) is 12.0. The van der Waals surface area contributed by atoms with Crippen LogP contribution in [-0.4, -0.2) is 22.5 Å². The molecule has 32 heavy (non-hydrogen) atoms. The summed E-state index contributed by atoms with van der Waals surface area (Å²) in [7, 11) is 0. The minimum atomic E-state index is -0.475. The summed E-state index contributed by atoms with van der Waals surface area (Å²) in [4.78, 5) is 16.0. The molecule has 0 saturated heterocycles. The number of rotatable bonds is 6. The van der Waals surface area contributed by atoms with E-state index in [0.29, 0.717) is 5.92 Å². The zero-order chi connectivity index (χ0) is 23.5. The van der Waals surface area contributed by atoms with E-state index in [1.807, 2.05) is 20.8 Å². The third kappa shape index (κ3) is 6.01. The molecule has 1 aliphatic rings. The molecule has 2 aromatic carbocycles. The number of hydrogen-bond donors (Lipinski definition) is 0. The van der Waals surface area contributed by atoms with Gasteiger partial charge < -0.3 is 4.74 Å². The second-order valence-electron chi connectivity index (χ2n) is 11.4. The van der Waals surface area contributed by atoms with Gasteiger partial charge in [-0.2, -0.15) is 0 Å². The quantitative estimate of drug-likeness (QED) is 0.456. The van der Waals surface area contributed by atoms with Gasteiger partial charge in [0.1, 0.15) is 5.60 Å². The minimum Gasteiger partial charge on any atom is -0.460 e. The summed E-state index contributed by atoms with van der Waals surface area (Å²) in [5.74, 6) is 0.246. The van der Waals surface area contributed by atoms with Gasteiger partial charge in [-0.3, -0.25) is 9.69 Å². The number of ether oxygens (including phenoxy) is 1. The number of carbonyl (C=O) groups is 1. The van der Waals surface area contributed by atoms with Gasteiger partial charge in [0.05, 0.1) is 5.92 Å². The molecule has 174 valence electrons. The van der Waals surface area contributed by atoms with Crippen LogP contribution in [0.2, 0.25) is 0 Å². The van der Waals surface area contributed by atoms with Crippen molar-refractivity contribution in [1.82, 2.24) is 4.90 Å². The van der Waals surface area contributed by atoms with Crippen LogP contribution in [0.3, 0.4) is 0 Å². The van der Waals surface area contributed by atoms with Gasteiger partial charge in [0, 0.05) is 18.6 Å². The summed E-state index contributed by atoms with van der Waals surface area (Å²) in [5.41, 5.74) is 2.19. The summed E-state index contributed by atoms with van der Waals surface area (Å²) in [5, 5.41) is 0. The first-order valence-electron chi connectivity index (χ1n) is 12.0. The second kappa shape index (κ2) is 9.79. The molecule has 0 N–H and O–H groups in total. The van der Waals surface area contributed by atoms with E-state index in [1.54, 1.807) is 0 Å². The highest BCUT2D eigenvalue weighted by Crippen LogP contribution is 2.48. The Hall–Kier alpha value is -2.13.